The minimum atomic E-state index is 0.529. The molecule has 6 heteroatoms. The van der Waals surface area contributed by atoms with Crippen LogP contribution in [0, 0.1) is 0 Å². The zero-order chi connectivity index (χ0) is 19.6. The molecule has 0 spiro atoms. The summed E-state index contributed by atoms with van der Waals surface area (Å²) >= 11 is 24.5. The molecule has 2 aromatic carbocycles. The van der Waals surface area contributed by atoms with Crippen molar-refractivity contribution < 1.29 is 0 Å². The molecule has 0 aliphatic heterocycles. The Bertz CT molecular complexity index is 796. The van der Waals surface area contributed by atoms with Gasteiger partial charge in [0.15, 0.2) is 0 Å². The molecule has 0 aliphatic carbocycles. The molecule has 0 unspecified atom stereocenters. The van der Waals surface area contributed by atoms with Crippen LogP contribution >= 0.6 is 46.4 Å². The summed E-state index contributed by atoms with van der Waals surface area (Å²) in [6.07, 6.45) is 9.44. The van der Waals surface area contributed by atoms with E-state index in [1.165, 1.54) is 19.3 Å². The molecule has 2 aromatic rings. The number of nitrogens with zero attached hydrogens (tertiary/aromatic N) is 1. The maximum atomic E-state index is 6.20. The molecule has 0 fully saturated rings. The number of para-hydroxylation sites is 1. The Balaban J connectivity index is 2.16. The summed E-state index contributed by atoms with van der Waals surface area (Å²) in [5.41, 5.74) is 5.48. The Morgan fingerprint density at radius 3 is 2.33 bits per heavy atom. The van der Waals surface area contributed by atoms with E-state index in [0.717, 1.165) is 24.1 Å². The van der Waals surface area contributed by atoms with E-state index in [-0.39, 0.29) is 0 Å². The van der Waals surface area contributed by atoms with E-state index >= 15 is 0 Å². The van der Waals surface area contributed by atoms with Crippen LogP contribution in [0.3, 0.4) is 0 Å². The highest BCUT2D eigenvalue weighted by molar-refractivity contribution is 6.42. The first-order valence-electron chi connectivity index (χ1n) is 8.91. The molecule has 0 saturated heterocycles. The van der Waals surface area contributed by atoms with Crippen molar-refractivity contribution in [1.29, 1.82) is 0 Å². The molecule has 0 saturated carbocycles. The lowest BCUT2D eigenvalue weighted by Gasteiger charge is -2.08. The van der Waals surface area contributed by atoms with Crippen LogP contribution in [0.15, 0.2) is 47.6 Å². The Morgan fingerprint density at radius 1 is 0.926 bits per heavy atom. The predicted molar refractivity (Wildman–Crippen MR) is 122 cm³/mol. The van der Waals surface area contributed by atoms with E-state index in [1.54, 1.807) is 24.3 Å². The summed E-state index contributed by atoms with van der Waals surface area (Å²) in [5, 5.41) is 6.65. The molecule has 0 heterocycles. The highest BCUT2D eigenvalue weighted by Crippen LogP contribution is 2.30. The topological polar surface area (TPSA) is 24.4 Å². The summed E-state index contributed by atoms with van der Waals surface area (Å²) in [6, 6.07) is 10.9. The van der Waals surface area contributed by atoms with Gasteiger partial charge < -0.3 is 0 Å². The lowest BCUT2D eigenvalue weighted by atomic mass is 10.1. The van der Waals surface area contributed by atoms with Crippen molar-refractivity contribution >= 4 is 63.9 Å². The van der Waals surface area contributed by atoms with Gasteiger partial charge in [-0.2, -0.15) is 5.10 Å². The van der Waals surface area contributed by atoms with Gasteiger partial charge in [0, 0.05) is 0 Å². The van der Waals surface area contributed by atoms with Crippen molar-refractivity contribution in [3.8, 4) is 0 Å². The van der Waals surface area contributed by atoms with Gasteiger partial charge in [0.2, 0.25) is 0 Å². The van der Waals surface area contributed by atoms with E-state index in [9.17, 15) is 0 Å². The molecule has 2 nitrogen and oxygen atoms in total. The van der Waals surface area contributed by atoms with Gasteiger partial charge in [0.25, 0.3) is 0 Å². The van der Waals surface area contributed by atoms with Crippen molar-refractivity contribution in [3.05, 3.63) is 68.1 Å². The van der Waals surface area contributed by atoms with Crippen molar-refractivity contribution in [1.82, 2.24) is 0 Å². The van der Waals surface area contributed by atoms with Crippen molar-refractivity contribution in [2.45, 2.75) is 39.0 Å². The lowest BCUT2D eigenvalue weighted by molar-refractivity contribution is 0.683. The normalized spacial score (nSPS) is 12.0. The van der Waals surface area contributed by atoms with E-state index in [4.69, 9.17) is 46.4 Å². The average molecular weight is 444 g/mol. The molecular weight excluding hydrogens is 422 g/mol. The summed E-state index contributed by atoms with van der Waals surface area (Å²) in [6.45, 7) is 2.19. The molecule has 0 aliphatic rings. The number of halogens is 4. The fourth-order valence-corrected chi connectivity index (χ4v) is 3.24. The quantitative estimate of drug-likeness (QED) is 0.233. The van der Waals surface area contributed by atoms with Gasteiger partial charge >= 0.3 is 0 Å². The Labute approximate surface area is 181 Å². The van der Waals surface area contributed by atoms with Gasteiger partial charge in [0.05, 0.1) is 31.5 Å². The molecule has 0 amide bonds. The second kappa shape index (κ2) is 11.6. The van der Waals surface area contributed by atoms with Gasteiger partial charge in [0.1, 0.15) is 0 Å². The number of hydrazone groups is 1. The first-order valence-corrected chi connectivity index (χ1v) is 10.4. The Kier molecular flexibility index (Phi) is 9.50. The van der Waals surface area contributed by atoms with E-state index in [1.807, 2.05) is 24.3 Å². The van der Waals surface area contributed by atoms with E-state index < -0.39 is 0 Å². The molecule has 0 aromatic heterocycles. The number of nitrogens with one attached hydrogen (secondary N) is 1. The van der Waals surface area contributed by atoms with E-state index in [0.29, 0.717) is 25.8 Å². The fourth-order valence-electron chi connectivity index (χ4n) is 2.45. The summed E-state index contributed by atoms with van der Waals surface area (Å²) in [5.74, 6) is 0. The molecule has 0 bridgehead atoms. The maximum Gasteiger partial charge on any atom is 0.0934 e. The SMILES string of the molecule is CCCCCCC(/C=C/c1ccc(Cl)c(Cl)c1)=N/Nc1c(Cl)cccc1Cl. The third-order valence-electron chi connectivity index (χ3n) is 3.97. The summed E-state index contributed by atoms with van der Waals surface area (Å²) in [7, 11) is 0. The monoisotopic (exact) mass is 442 g/mol. The van der Waals surface area contributed by atoms with Crippen LogP contribution in [0.1, 0.15) is 44.6 Å². The van der Waals surface area contributed by atoms with Gasteiger partial charge in [-0.05, 0) is 48.7 Å². The molecule has 144 valence electrons. The molecule has 0 radical (unpaired) electrons. The third-order valence-corrected chi connectivity index (χ3v) is 5.34. The minimum Gasteiger partial charge on any atom is -0.275 e. The van der Waals surface area contributed by atoms with Gasteiger partial charge in [-0.25, -0.2) is 0 Å². The number of allylic oxidation sites excluding steroid dienone is 1. The van der Waals surface area contributed by atoms with Crippen LogP contribution in [0.25, 0.3) is 6.08 Å². The summed E-state index contributed by atoms with van der Waals surface area (Å²) in [4.78, 5) is 0. The fraction of sp³-hybridized carbons (Fsp3) is 0.286. The predicted octanol–water partition coefficient (Wildman–Crippen LogP) is 8.75. The third kappa shape index (κ3) is 7.38. The van der Waals surface area contributed by atoms with Gasteiger partial charge in [-0.1, -0.05) is 90.8 Å². The zero-order valence-electron chi connectivity index (χ0n) is 15.1. The molecule has 2 rings (SSSR count). The molecule has 0 atom stereocenters. The molecule has 1 N–H and O–H groups in total. The van der Waals surface area contributed by atoms with Gasteiger partial charge in [-0.15, -0.1) is 0 Å². The number of anilines is 1. The zero-order valence-corrected chi connectivity index (χ0v) is 18.1. The largest absolute Gasteiger partial charge is 0.275 e. The smallest absolute Gasteiger partial charge is 0.0934 e. The molecule has 27 heavy (non-hydrogen) atoms. The van der Waals surface area contributed by atoms with Crippen molar-refractivity contribution in [2.75, 3.05) is 5.43 Å². The summed E-state index contributed by atoms with van der Waals surface area (Å²) < 4.78 is 0. The Hall–Kier alpha value is -1.19. The number of benzene rings is 2. The van der Waals surface area contributed by atoms with Crippen LogP contribution in [-0.2, 0) is 0 Å². The number of hydrogen-bond acceptors (Lipinski definition) is 2. The second-order valence-corrected chi connectivity index (χ2v) is 7.76. The second-order valence-electron chi connectivity index (χ2n) is 6.13. The van der Waals surface area contributed by atoms with Crippen LogP contribution in [-0.4, -0.2) is 5.71 Å². The first kappa shape index (κ1) is 22.1. The van der Waals surface area contributed by atoms with Gasteiger partial charge in [-0.3, -0.25) is 5.43 Å². The van der Waals surface area contributed by atoms with Crippen LogP contribution < -0.4 is 5.43 Å². The standard InChI is InChI=1S/C21H22Cl4N2/c1-2-3-4-5-7-16(12-10-15-11-13-17(22)20(25)14-15)26-27-21-18(23)8-6-9-19(21)24/h6,8-14,27H,2-5,7H2,1H3/b12-10+,26-16-. The first-order chi connectivity index (χ1) is 13.0. The Morgan fingerprint density at radius 2 is 1.67 bits per heavy atom. The molecular formula is C21H22Cl4N2. The van der Waals surface area contributed by atoms with Crippen molar-refractivity contribution in [3.63, 3.8) is 0 Å². The van der Waals surface area contributed by atoms with E-state index in [2.05, 4.69) is 17.5 Å². The highest BCUT2D eigenvalue weighted by Gasteiger charge is 2.05. The van der Waals surface area contributed by atoms with Crippen LogP contribution in [0.5, 0.6) is 0 Å². The van der Waals surface area contributed by atoms with Crippen molar-refractivity contribution in [2.24, 2.45) is 5.10 Å². The minimum absolute atomic E-state index is 0.529. The number of hydrogen-bond donors (Lipinski definition) is 1. The van der Waals surface area contributed by atoms with Crippen LogP contribution in [0.2, 0.25) is 20.1 Å². The maximum absolute atomic E-state index is 6.20. The van der Waals surface area contributed by atoms with Crippen LogP contribution in [0.4, 0.5) is 5.69 Å². The lowest BCUT2D eigenvalue weighted by Crippen LogP contribution is -2.00. The number of rotatable bonds is 9. The highest BCUT2D eigenvalue weighted by atomic mass is 35.5. The average Bonchev–Trinajstić information content (AvgIpc) is 2.64. The number of unbranched alkanes of at least 4 members (excludes halogenated alkanes) is 3.